The van der Waals surface area contributed by atoms with Crippen LogP contribution in [0.25, 0.3) is 11.4 Å². The van der Waals surface area contributed by atoms with Crippen molar-refractivity contribution in [2.75, 3.05) is 13.7 Å². The number of carbonyl (C=O) groups is 1. The smallest absolute Gasteiger partial charge is 0.327 e. The number of likely N-dealkylation sites (N-methyl/N-ethyl adjacent to an activating group) is 1. The maximum absolute atomic E-state index is 12.1. The summed E-state index contributed by atoms with van der Waals surface area (Å²) in [7, 11) is 1.41. The van der Waals surface area contributed by atoms with E-state index in [2.05, 4.69) is 10.3 Å². The summed E-state index contributed by atoms with van der Waals surface area (Å²) in [5, 5.41) is 3.20. The molecule has 0 amide bonds. The highest BCUT2D eigenvalue weighted by Crippen LogP contribution is 2.20. The third kappa shape index (κ3) is 3.31. The third-order valence-electron chi connectivity index (χ3n) is 3.44. The van der Waals surface area contributed by atoms with E-state index < -0.39 is 5.54 Å². The molecule has 112 valence electrons. The first kappa shape index (κ1) is 15.3. The Hall–Kier alpha value is -2.14. The number of hydrogen-bond acceptors (Lipinski definition) is 4. The van der Waals surface area contributed by atoms with Crippen LogP contribution in [0.3, 0.4) is 0 Å². The van der Waals surface area contributed by atoms with Gasteiger partial charge in [0.15, 0.2) is 0 Å². The van der Waals surface area contributed by atoms with Gasteiger partial charge in [0.25, 0.3) is 0 Å². The predicted molar refractivity (Wildman–Crippen MR) is 81.8 cm³/mol. The van der Waals surface area contributed by atoms with Crippen molar-refractivity contribution in [1.29, 1.82) is 0 Å². The number of aromatic nitrogens is 2. The number of imidazole rings is 1. The minimum absolute atomic E-state index is 0.280. The Balaban J connectivity index is 2.31. The molecular weight excluding hydrogens is 266 g/mol. The first-order chi connectivity index (χ1) is 10.1. The molecule has 1 aromatic heterocycles. The summed E-state index contributed by atoms with van der Waals surface area (Å²) in [6.07, 6.45) is 3.62. The minimum atomic E-state index is -0.784. The SMILES string of the molecule is CCNC(C)(Cn1ccnc1-c1ccccc1)C(=O)OC. The Morgan fingerprint density at radius 2 is 2.10 bits per heavy atom. The highest BCUT2D eigenvalue weighted by atomic mass is 16.5. The topological polar surface area (TPSA) is 56.2 Å². The van der Waals surface area contributed by atoms with Gasteiger partial charge in [-0.1, -0.05) is 37.3 Å². The molecule has 5 nitrogen and oxygen atoms in total. The van der Waals surface area contributed by atoms with Crippen molar-refractivity contribution in [3.05, 3.63) is 42.7 Å². The van der Waals surface area contributed by atoms with E-state index >= 15 is 0 Å². The Bertz CT molecular complexity index is 595. The molecule has 5 heteroatoms. The largest absolute Gasteiger partial charge is 0.468 e. The summed E-state index contributed by atoms with van der Waals surface area (Å²) in [4.78, 5) is 16.5. The van der Waals surface area contributed by atoms with E-state index in [1.54, 1.807) is 6.20 Å². The Labute approximate surface area is 125 Å². The summed E-state index contributed by atoms with van der Waals surface area (Å²) in [6.45, 7) is 4.95. The summed E-state index contributed by atoms with van der Waals surface area (Å²) in [5.41, 5.74) is 0.236. The van der Waals surface area contributed by atoms with Gasteiger partial charge in [-0.15, -0.1) is 0 Å². The maximum Gasteiger partial charge on any atom is 0.327 e. The van der Waals surface area contributed by atoms with Gasteiger partial charge in [-0.3, -0.25) is 0 Å². The summed E-state index contributed by atoms with van der Waals surface area (Å²) >= 11 is 0. The first-order valence-electron chi connectivity index (χ1n) is 7.00. The van der Waals surface area contributed by atoms with E-state index in [4.69, 9.17) is 4.74 Å². The first-order valence-corrected chi connectivity index (χ1v) is 7.00. The average molecular weight is 287 g/mol. The number of benzene rings is 1. The monoisotopic (exact) mass is 287 g/mol. The van der Waals surface area contributed by atoms with Crippen LogP contribution in [-0.4, -0.2) is 34.7 Å². The zero-order valence-electron chi connectivity index (χ0n) is 12.7. The lowest BCUT2D eigenvalue weighted by atomic mass is 10.0. The maximum atomic E-state index is 12.1. The van der Waals surface area contributed by atoms with Crippen molar-refractivity contribution < 1.29 is 9.53 Å². The average Bonchev–Trinajstić information content (AvgIpc) is 2.95. The number of methoxy groups -OCH3 is 1. The van der Waals surface area contributed by atoms with Crippen LogP contribution in [0.2, 0.25) is 0 Å². The van der Waals surface area contributed by atoms with Gasteiger partial charge in [0.1, 0.15) is 11.4 Å². The second-order valence-corrected chi connectivity index (χ2v) is 5.10. The molecule has 0 fully saturated rings. The van der Waals surface area contributed by atoms with E-state index in [1.807, 2.05) is 54.9 Å². The number of nitrogens with one attached hydrogen (secondary N) is 1. The van der Waals surface area contributed by atoms with Crippen molar-refractivity contribution >= 4 is 5.97 Å². The van der Waals surface area contributed by atoms with Gasteiger partial charge < -0.3 is 14.6 Å². The van der Waals surface area contributed by atoms with Crippen LogP contribution < -0.4 is 5.32 Å². The fourth-order valence-corrected chi connectivity index (χ4v) is 2.43. The molecule has 2 aromatic rings. The molecule has 1 heterocycles. The molecule has 0 aliphatic rings. The fourth-order valence-electron chi connectivity index (χ4n) is 2.43. The molecule has 0 aliphatic heterocycles. The van der Waals surface area contributed by atoms with E-state index in [9.17, 15) is 4.79 Å². The van der Waals surface area contributed by atoms with Crippen LogP contribution in [-0.2, 0) is 16.1 Å². The van der Waals surface area contributed by atoms with Gasteiger partial charge in [0.05, 0.1) is 13.7 Å². The molecular formula is C16H21N3O2. The van der Waals surface area contributed by atoms with Crippen LogP contribution in [0.1, 0.15) is 13.8 Å². The second kappa shape index (κ2) is 6.54. The predicted octanol–water partition coefficient (Wildman–Crippen LogP) is 2.09. The number of hydrogen-bond donors (Lipinski definition) is 1. The highest BCUT2D eigenvalue weighted by Gasteiger charge is 2.34. The molecule has 1 atom stereocenters. The minimum Gasteiger partial charge on any atom is -0.468 e. The molecule has 0 saturated carbocycles. The van der Waals surface area contributed by atoms with E-state index in [1.165, 1.54) is 7.11 Å². The molecule has 2 rings (SSSR count). The lowest BCUT2D eigenvalue weighted by Gasteiger charge is -2.28. The Morgan fingerprint density at radius 1 is 1.38 bits per heavy atom. The molecule has 0 spiro atoms. The molecule has 21 heavy (non-hydrogen) atoms. The standard InChI is InChI=1S/C16H21N3O2/c1-4-18-16(2,15(20)21-3)12-19-11-10-17-14(19)13-8-6-5-7-9-13/h5-11,18H,4,12H2,1-3H3. The number of nitrogens with zero attached hydrogens (tertiary/aromatic N) is 2. The van der Waals surface area contributed by atoms with Crippen molar-refractivity contribution in [3.63, 3.8) is 0 Å². The molecule has 0 aliphatic carbocycles. The van der Waals surface area contributed by atoms with Crippen LogP contribution in [0, 0.1) is 0 Å². The lowest BCUT2D eigenvalue weighted by Crippen LogP contribution is -2.53. The van der Waals surface area contributed by atoms with Gasteiger partial charge >= 0.3 is 5.97 Å². The molecule has 0 radical (unpaired) electrons. The zero-order valence-corrected chi connectivity index (χ0v) is 12.7. The van der Waals surface area contributed by atoms with E-state index in [-0.39, 0.29) is 5.97 Å². The summed E-state index contributed by atoms with van der Waals surface area (Å²) in [5.74, 6) is 0.556. The number of carbonyl (C=O) groups excluding carboxylic acids is 1. The summed E-state index contributed by atoms with van der Waals surface area (Å²) in [6, 6.07) is 9.91. The molecule has 1 aromatic carbocycles. The summed E-state index contributed by atoms with van der Waals surface area (Å²) < 4.78 is 6.89. The zero-order chi connectivity index (χ0) is 15.3. The van der Waals surface area contributed by atoms with Crippen molar-refractivity contribution in [2.45, 2.75) is 25.9 Å². The fraction of sp³-hybridized carbons (Fsp3) is 0.375. The lowest BCUT2D eigenvalue weighted by molar-refractivity contribution is -0.148. The van der Waals surface area contributed by atoms with Crippen molar-refractivity contribution in [2.24, 2.45) is 0 Å². The van der Waals surface area contributed by atoms with Crippen molar-refractivity contribution in [1.82, 2.24) is 14.9 Å². The van der Waals surface area contributed by atoms with E-state index in [0.717, 1.165) is 11.4 Å². The van der Waals surface area contributed by atoms with Crippen LogP contribution >= 0.6 is 0 Å². The third-order valence-corrected chi connectivity index (χ3v) is 3.44. The number of ether oxygens (including phenoxy) is 1. The van der Waals surface area contributed by atoms with Crippen LogP contribution in [0.5, 0.6) is 0 Å². The van der Waals surface area contributed by atoms with E-state index in [0.29, 0.717) is 13.1 Å². The Morgan fingerprint density at radius 3 is 2.71 bits per heavy atom. The highest BCUT2D eigenvalue weighted by molar-refractivity contribution is 5.80. The second-order valence-electron chi connectivity index (χ2n) is 5.10. The van der Waals surface area contributed by atoms with Gasteiger partial charge in [-0.05, 0) is 13.5 Å². The molecule has 0 bridgehead atoms. The quantitative estimate of drug-likeness (QED) is 0.827. The van der Waals surface area contributed by atoms with Gasteiger partial charge in [0, 0.05) is 18.0 Å². The molecule has 1 N–H and O–H groups in total. The van der Waals surface area contributed by atoms with Gasteiger partial charge in [-0.2, -0.15) is 0 Å². The van der Waals surface area contributed by atoms with Gasteiger partial charge in [-0.25, -0.2) is 9.78 Å². The van der Waals surface area contributed by atoms with Gasteiger partial charge in [0.2, 0.25) is 0 Å². The molecule has 0 saturated heterocycles. The number of esters is 1. The normalized spacial score (nSPS) is 13.7. The van der Waals surface area contributed by atoms with Crippen LogP contribution in [0.4, 0.5) is 0 Å². The van der Waals surface area contributed by atoms with Crippen molar-refractivity contribution in [3.8, 4) is 11.4 Å². The van der Waals surface area contributed by atoms with Crippen LogP contribution in [0.15, 0.2) is 42.7 Å². The Kier molecular flexibility index (Phi) is 4.75. The number of rotatable bonds is 6. The molecule has 1 unspecified atom stereocenters.